The van der Waals surface area contributed by atoms with Crippen LogP contribution in [0.4, 0.5) is 0 Å². The Kier molecular flexibility index (Phi) is 7.03. The zero-order chi connectivity index (χ0) is 14.7. The standard InChI is InChI=1S/C15H20BrNO3.BrH/c1-17-6-5-11(12(16)9-17)15-13(19-3)7-10(18-2)8-14(15)20-4;/h5,7-8,12H,6,9H2,1-4H3;1H/t12-;/m0./s1. The summed E-state index contributed by atoms with van der Waals surface area (Å²) in [5, 5.41) is 0. The van der Waals surface area contributed by atoms with E-state index in [1.165, 1.54) is 5.57 Å². The van der Waals surface area contributed by atoms with E-state index in [4.69, 9.17) is 14.2 Å². The highest BCUT2D eigenvalue weighted by molar-refractivity contribution is 9.09. The Morgan fingerprint density at radius 1 is 1.10 bits per heavy atom. The lowest BCUT2D eigenvalue weighted by Crippen LogP contribution is -2.31. The second kappa shape index (κ2) is 8.06. The van der Waals surface area contributed by atoms with Gasteiger partial charge in [-0.3, -0.25) is 0 Å². The van der Waals surface area contributed by atoms with Gasteiger partial charge in [0.2, 0.25) is 0 Å². The summed E-state index contributed by atoms with van der Waals surface area (Å²) in [6.45, 7) is 1.86. The Bertz CT molecular complexity index is 495. The number of rotatable bonds is 4. The Balaban J connectivity index is 0.00000220. The maximum Gasteiger partial charge on any atom is 0.133 e. The number of ether oxygens (including phenoxy) is 3. The second-order valence-corrected chi connectivity index (χ2v) is 5.86. The summed E-state index contributed by atoms with van der Waals surface area (Å²) in [5.74, 6) is 2.25. The minimum absolute atomic E-state index is 0. The van der Waals surface area contributed by atoms with Gasteiger partial charge in [0.25, 0.3) is 0 Å². The predicted molar refractivity (Wildman–Crippen MR) is 94.6 cm³/mol. The summed E-state index contributed by atoms with van der Waals surface area (Å²) >= 11 is 3.74. The number of nitrogens with zero attached hydrogens (tertiary/aromatic N) is 1. The molecule has 6 heteroatoms. The molecule has 0 saturated carbocycles. The van der Waals surface area contributed by atoms with Crippen molar-refractivity contribution in [3.8, 4) is 17.2 Å². The third-order valence-electron chi connectivity index (χ3n) is 3.44. The van der Waals surface area contributed by atoms with Crippen molar-refractivity contribution in [2.24, 2.45) is 0 Å². The molecule has 2 rings (SSSR count). The molecule has 21 heavy (non-hydrogen) atoms. The third-order valence-corrected chi connectivity index (χ3v) is 4.22. The molecule has 0 bridgehead atoms. The van der Waals surface area contributed by atoms with E-state index in [9.17, 15) is 0 Å². The topological polar surface area (TPSA) is 30.9 Å². The summed E-state index contributed by atoms with van der Waals surface area (Å²) in [5.41, 5.74) is 2.19. The lowest BCUT2D eigenvalue weighted by molar-refractivity contribution is 0.366. The first kappa shape index (κ1) is 18.3. The lowest BCUT2D eigenvalue weighted by atomic mass is 9.97. The quantitative estimate of drug-likeness (QED) is 0.696. The smallest absolute Gasteiger partial charge is 0.133 e. The molecule has 0 unspecified atom stereocenters. The third kappa shape index (κ3) is 3.93. The van der Waals surface area contributed by atoms with E-state index in [-0.39, 0.29) is 21.8 Å². The molecule has 0 radical (unpaired) electrons. The molecule has 0 aliphatic carbocycles. The normalized spacial score (nSPS) is 18.5. The van der Waals surface area contributed by atoms with Crippen LogP contribution in [0.15, 0.2) is 18.2 Å². The molecule has 0 N–H and O–H groups in total. The van der Waals surface area contributed by atoms with E-state index in [2.05, 4.69) is 34.0 Å². The van der Waals surface area contributed by atoms with Gasteiger partial charge in [0.1, 0.15) is 17.2 Å². The summed E-state index contributed by atoms with van der Waals surface area (Å²) in [6, 6.07) is 3.77. The maximum absolute atomic E-state index is 5.52. The van der Waals surface area contributed by atoms with Gasteiger partial charge in [0, 0.05) is 25.2 Å². The van der Waals surface area contributed by atoms with E-state index < -0.39 is 0 Å². The van der Waals surface area contributed by atoms with Crippen molar-refractivity contribution < 1.29 is 14.2 Å². The second-order valence-electron chi connectivity index (χ2n) is 4.76. The highest BCUT2D eigenvalue weighted by atomic mass is 79.9. The van der Waals surface area contributed by atoms with Crippen LogP contribution in [0, 0.1) is 0 Å². The zero-order valence-electron chi connectivity index (χ0n) is 12.7. The Labute approximate surface area is 145 Å². The summed E-state index contributed by atoms with van der Waals surface area (Å²) in [4.78, 5) is 2.50. The van der Waals surface area contributed by atoms with Gasteiger partial charge in [-0.05, 0) is 12.6 Å². The van der Waals surface area contributed by atoms with Crippen LogP contribution in [0.3, 0.4) is 0 Å². The van der Waals surface area contributed by atoms with E-state index >= 15 is 0 Å². The van der Waals surface area contributed by atoms with Gasteiger partial charge < -0.3 is 19.1 Å². The van der Waals surface area contributed by atoms with Gasteiger partial charge in [0.05, 0.1) is 31.7 Å². The van der Waals surface area contributed by atoms with Crippen molar-refractivity contribution in [2.45, 2.75) is 4.83 Å². The molecule has 1 aliphatic heterocycles. The Morgan fingerprint density at radius 2 is 1.67 bits per heavy atom. The molecule has 1 atom stereocenters. The van der Waals surface area contributed by atoms with E-state index in [1.807, 2.05) is 12.1 Å². The van der Waals surface area contributed by atoms with Gasteiger partial charge in [-0.15, -0.1) is 17.0 Å². The Hall–Kier alpha value is -0.720. The summed E-state index contributed by atoms with van der Waals surface area (Å²) in [6.07, 6.45) is 2.20. The minimum Gasteiger partial charge on any atom is -0.496 e. The number of benzene rings is 1. The molecule has 1 aliphatic rings. The van der Waals surface area contributed by atoms with Crippen LogP contribution < -0.4 is 14.2 Å². The van der Waals surface area contributed by atoms with Crippen molar-refractivity contribution in [1.29, 1.82) is 0 Å². The van der Waals surface area contributed by atoms with Crippen molar-refractivity contribution in [2.75, 3.05) is 41.5 Å². The van der Waals surface area contributed by atoms with Crippen LogP contribution in [0.1, 0.15) is 5.56 Å². The molecule has 0 fully saturated rings. The highest BCUT2D eigenvalue weighted by Gasteiger charge is 2.25. The predicted octanol–water partition coefficient (Wildman–Crippen LogP) is 3.38. The van der Waals surface area contributed by atoms with Crippen molar-refractivity contribution in [1.82, 2.24) is 4.90 Å². The molecule has 1 aromatic rings. The molecule has 118 valence electrons. The summed E-state index contributed by atoms with van der Waals surface area (Å²) < 4.78 is 16.3. The van der Waals surface area contributed by atoms with Crippen molar-refractivity contribution in [3.05, 3.63) is 23.8 Å². The van der Waals surface area contributed by atoms with E-state index in [0.717, 1.165) is 35.9 Å². The molecular weight excluding hydrogens is 402 g/mol. The first-order valence-corrected chi connectivity index (χ1v) is 7.35. The molecular formula is C15H21Br2NO3. The van der Waals surface area contributed by atoms with Crippen molar-refractivity contribution >= 4 is 38.5 Å². The van der Waals surface area contributed by atoms with Gasteiger partial charge in [-0.1, -0.05) is 22.0 Å². The zero-order valence-corrected chi connectivity index (χ0v) is 16.0. The van der Waals surface area contributed by atoms with Crippen LogP contribution in [0.5, 0.6) is 17.2 Å². The van der Waals surface area contributed by atoms with Crippen LogP contribution in [0.25, 0.3) is 5.57 Å². The molecule has 0 saturated heterocycles. The van der Waals surface area contributed by atoms with Crippen molar-refractivity contribution in [3.63, 3.8) is 0 Å². The van der Waals surface area contributed by atoms with Gasteiger partial charge >= 0.3 is 0 Å². The van der Waals surface area contributed by atoms with E-state index in [0.29, 0.717) is 0 Å². The largest absolute Gasteiger partial charge is 0.496 e. The maximum atomic E-state index is 5.52. The number of alkyl halides is 1. The van der Waals surface area contributed by atoms with Gasteiger partial charge in [0.15, 0.2) is 0 Å². The van der Waals surface area contributed by atoms with Crippen LogP contribution in [-0.2, 0) is 0 Å². The highest BCUT2D eigenvalue weighted by Crippen LogP contribution is 2.42. The fourth-order valence-corrected chi connectivity index (χ4v) is 3.29. The molecule has 0 amide bonds. The average molecular weight is 423 g/mol. The number of halogens is 2. The fraction of sp³-hybridized carbons (Fsp3) is 0.467. The fourth-order valence-electron chi connectivity index (χ4n) is 2.38. The molecule has 0 spiro atoms. The minimum atomic E-state index is 0. The average Bonchev–Trinajstić information content (AvgIpc) is 2.46. The molecule has 1 aromatic carbocycles. The number of hydrogen-bond donors (Lipinski definition) is 0. The van der Waals surface area contributed by atoms with Crippen LogP contribution in [0.2, 0.25) is 0 Å². The van der Waals surface area contributed by atoms with Crippen LogP contribution in [-0.4, -0.2) is 51.2 Å². The first-order chi connectivity index (χ1) is 9.60. The van der Waals surface area contributed by atoms with E-state index in [1.54, 1.807) is 21.3 Å². The molecule has 4 nitrogen and oxygen atoms in total. The number of likely N-dealkylation sites (N-methyl/N-ethyl adjacent to an activating group) is 1. The van der Waals surface area contributed by atoms with Crippen LogP contribution >= 0.6 is 32.9 Å². The molecule has 0 aromatic heterocycles. The lowest BCUT2D eigenvalue weighted by Gasteiger charge is -2.28. The number of methoxy groups -OCH3 is 3. The Morgan fingerprint density at radius 3 is 2.10 bits per heavy atom. The first-order valence-electron chi connectivity index (χ1n) is 6.43. The SMILES string of the molecule is Br.COc1cc(OC)c(C2=CCN(C)C[C@@H]2Br)c(OC)c1. The monoisotopic (exact) mass is 421 g/mol. The van der Waals surface area contributed by atoms with Gasteiger partial charge in [-0.2, -0.15) is 0 Å². The number of hydrogen-bond acceptors (Lipinski definition) is 4. The summed E-state index contributed by atoms with van der Waals surface area (Å²) in [7, 11) is 7.06. The molecule has 1 heterocycles. The van der Waals surface area contributed by atoms with Gasteiger partial charge in [-0.25, -0.2) is 0 Å².